The van der Waals surface area contributed by atoms with E-state index < -0.39 is 0 Å². The lowest BCUT2D eigenvalue weighted by atomic mass is 9.89. The number of nitrogens with zero attached hydrogens (tertiary/aromatic N) is 3. The molecule has 1 aliphatic rings. The van der Waals surface area contributed by atoms with Crippen molar-refractivity contribution in [2.75, 3.05) is 18.0 Å². The molecule has 4 heteroatoms. The van der Waals surface area contributed by atoms with Crippen molar-refractivity contribution in [3.8, 4) is 0 Å². The SMILES string of the molecule is CC(C)c1ncc(N2CCCC(C(C)C)CC2)c(CN)n1. The Bertz CT molecular complexity index is 456. The molecule has 4 nitrogen and oxygen atoms in total. The standard InChI is InChI=1S/C17H30N4/c1-12(2)14-6-5-8-21(9-7-14)16-11-19-17(13(3)4)20-15(16)10-18/h11-14H,5-10,18H2,1-4H3. The molecule has 2 rings (SSSR count). The molecule has 2 N–H and O–H groups in total. The van der Waals surface area contributed by atoms with Crippen LogP contribution in [0.15, 0.2) is 6.20 Å². The second-order valence-electron chi connectivity index (χ2n) is 6.84. The molecule has 1 aromatic rings. The molecule has 21 heavy (non-hydrogen) atoms. The Hall–Kier alpha value is -1.16. The third-order valence-electron chi connectivity index (χ3n) is 4.63. The summed E-state index contributed by atoms with van der Waals surface area (Å²) in [6.07, 6.45) is 5.82. The van der Waals surface area contributed by atoms with Crippen molar-refractivity contribution in [1.29, 1.82) is 0 Å². The van der Waals surface area contributed by atoms with E-state index in [4.69, 9.17) is 5.73 Å². The predicted molar refractivity (Wildman–Crippen MR) is 88.4 cm³/mol. The lowest BCUT2D eigenvalue weighted by Gasteiger charge is -2.25. The highest BCUT2D eigenvalue weighted by Crippen LogP contribution is 2.28. The van der Waals surface area contributed by atoms with Gasteiger partial charge in [-0.1, -0.05) is 27.7 Å². The first-order valence-corrected chi connectivity index (χ1v) is 8.33. The minimum atomic E-state index is 0.346. The van der Waals surface area contributed by atoms with Crippen LogP contribution in [0.3, 0.4) is 0 Å². The minimum Gasteiger partial charge on any atom is -0.369 e. The summed E-state index contributed by atoms with van der Waals surface area (Å²) in [5, 5.41) is 0. The van der Waals surface area contributed by atoms with Gasteiger partial charge in [0.15, 0.2) is 0 Å². The highest BCUT2D eigenvalue weighted by atomic mass is 15.2. The van der Waals surface area contributed by atoms with Crippen molar-refractivity contribution in [2.24, 2.45) is 17.6 Å². The summed E-state index contributed by atoms with van der Waals surface area (Å²) < 4.78 is 0. The van der Waals surface area contributed by atoms with E-state index in [1.165, 1.54) is 19.3 Å². The zero-order chi connectivity index (χ0) is 15.4. The van der Waals surface area contributed by atoms with Crippen LogP contribution in [0.1, 0.15) is 64.4 Å². The molecule has 0 saturated carbocycles. The first-order valence-electron chi connectivity index (χ1n) is 8.33. The molecule has 0 bridgehead atoms. The molecule has 0 spiro atoms. The molecule has 1 aliphatic heterocycles. The predicted octanol–water partition coefficient (Wildman–Crippen LogP) is 3.32. The maximum absolute atomic E-state index is 5.92. The van der Waals surface area contributed by atoms with Crippen molar-refractivity contribution >= 4 is 5.69 Å². The van der Waals surface area contributed by atoms with Gasteiger partial charge in [-0.15, -0.1) is 0 Å². The molecular formula is C17H30N4. The molecule has 1 aromatic heterocycles. The fraction of sp³-hybridized carbons (Fsp3) is 0.765. The number of hydrogen-bond acceptors (Lipinski definition) is 4. The van der Waals surface area contributed by atoms with E-state index in [1.807, 2.05) is 6.20 Å². The summed E-state index contributed by atoms with van der Waals surface area (Å²) in [4.78, 5) is 11.7. The average molecular weight is 290 g/mol. The largest absolute Gasteiger partial charge is 0.369 e. The van der Waals surface area contributed by atoms with Gasteiger partial charge < -0.3 is 10.6 Å². The summed E-state index contributed by atoms with van der Waals surface area (Å²) in [7, 11) is 0. The molecule has 0 aliphatic carbocycles. The summed E-state index contributed by atoms with van der Waals surface area (Å²) >= 11 is 0. The van der Waals surface area contributed by atoms with Crippen LogP contribution in [0.2, 0.25) is 0 Å². The van der Waals surface area contributed by atoms with Gasteiger partial charge in [-0.25, -0.2) is 9.97 Å². The summed E-state index contributed by atoms with van der Waals surface area (Å²) in [6, 6.07) is 0. The molecule has 118 valence electrons. The van der Waals surface area contributed by atoms with Gasteiger partial charge >= 0.3 is 0 Å². The van der Waals surface area contributed by atoms with Gasteiger partial charge in [0, 0.05) is 25.6 Å². The van der Waals surface area contributed by atoms with Crippen LogP contribution in [-0.4, -0.2) is 23.1 Å². The molecule has 0 radical (unpaired) electrons. The number of hydrogen-bond donors (Lipinski definition) is 1. The summed E-state index contributed by atoms with van der Waals surface area (Å²) in [5.74, 6) is 2.86. The fourth-order valence-electron chi connectivity index (χ4n) is 3.15. The molecule has 1 atom stereocenters. The van der Waals surface area contributed by atoms with E-state index in [9.17, 15) is 0 Å². The van der Waals surface area contributed by atoms with Crippen molar-refractivity contribution in [3.63, 3.8) is 0 Å². The zero-order valence-corrected chi connectivity index (χ0v) is 14.0. The Morgan fingerprint density at radius 2 is 2.00 bits per heavy atom. The smallest absolute Gasteiger partial charge is 0.131 e. The number of anilines is 1. The highest BCUT2D eigenvalue weighted by molar-refractivity contribution is 5.49. The number of nitrogens with two attached hydrogens (primary N) is 1. The lowest BCUT2D eigenvalue weighted by Crippen LogP contribution is -2.27. The zero-order valence-electron chi connectivity index (χ0n) is 14.0. The van der Waals surface area contributed by atoms with Gasteiger partial charge in [-0.3, -0.25) is 0 Å². The molecule has 1 unspecified atom stereocenters. The molecule has 1 saturated heterocycles. The van der Waals surface area contributed by atoms with Gasteiger partial charge in [-0.2, -0.15) is 0 Å². The van der Waals surface area contributed by atoms with Crippen LogP contribution < -0.4 is 10.6 Å². The summed E-state index contributed by atoms with van der Waals surface area (Å²) in [6.45, 7) is 11.6. The molecular weight excluding hydrogens is 260 g/mol. The van der Waals surface area contributed by atoms with Crippen molar-refractivity contribution in [1.82, 2.24) is 9.97 Å². The number of rotatable bonds is 4. The van der Waals surface area contributed by atoms with Gasteiger partial charge in [-0.05, 0) is 31.1 Å². The molecule has 0 aromatic carbocycles. The van der Waals surface area contributed by atoms with Gasteiger partial charge in [0.05, 0.1) is 17.6 Å². The minimum absolute atomic E-state index is 0.346. The van der Waals surface area contributed by atoms with E-state index in [1.54, 1.807) is 0 Å². The second kappa shape index (κ2) is 7.21. The highest BCUT2D eigenvalue weighted by Gasteiger charge is 2.21. The monoisotopic (exact) mass is 290 g/mol. The Morgan fingerprint density at radius 1 is 1.24 bits per heavy atom. The van der Waals surface area contributed by atoms with Crippen LogP contribution in [0.5, 0.6) is 0 Å². The Morgan fingerprint density at radius 3 is 2.62 bits per heavy atom. The molecule has 0 amide bonds. The summed E-state index contributed by atoms with van der Waals surface area (Å²) in [5.41, 5.74) is 8.07. The van der Waals surface area contributed by atoms with Crippen molar-refractivity contribution in [3.05, 3.63) is 17.7 Å². The maximum atomic E-state index is 5.92. The Labute approximate surface area is 129 Å². The van der Waals surface area contributed by atoms with Gasteiger partial charge in [0.25, 0.3) is 0 Å². The van der Waals surface area contributed by atoms with E-state index in [-0.39, 0.29) is 0 Å². The van der Waals surface area contributed by atoms with E-state index in [2.05, 4.69) is 42.6 Å². The molecule has 1 fully saturated rings. The first kappa shape index (κ1) is 16.2. The third kappa shape index (κ3) is 3.94. The van der Waals surface area contributed by atoms with Crippen LogP contribution in [0.4, 0.5) is 5.69 Å². The fourth-order valence-corrected chi connectivity index (χ4v) is 3.15. The van der Waals surface area contributed by atoms with Crippen LogP contribution in [0, 0.1) is 11.8 Å². The quantitative estimate of drug-likeness (QED) is 0.924. The van der Waals surface area contributed by atoms with E-state index in [0.717, 1.165) is 42.1 Å². The van der Waals surface area contributed by atoms with Crippen LogP contribution >= 0.6 is 0 Å². The lowest BCUT2D eigenvalue weighted by molar-refractivity contribution is 0.351. The second-order valence-corrected chi connectivity index (χ2v) is 6.84. The third-order valence-corrected chi connectivity index (χ3v) is 4.63. The maximum Gasteiger partial charge on any atom is 0.131 e. The normalized spacial score (nSPS) is 20.1. The van der Waals surface area contributed by atoms with E-state index >= 15 is 0 Å². The van der Waals surface area contributed by atoms with Crippen LogP contribution in [0.25, 0.3) is 0 Å². The van der Waals surface area contributed by atoms with E-state index in [0.29, 0.717) is 12.5 Å². The molecule has 2 heterocycles. The Kier molecular flexibility index (Phi) is 5.57. The number of aromatic nitrogens is 2. The van der Waals surface area contributed by atoms with Crippen molar-refractivity contribution < 1.29 is 0 Å². The van der Waals surface area contributed by atoms with Gasteiger partial charge in [0.1, 0.15) is 5.82 Å². The van der Waals surface area contributed by atoms with Gasteiger partial charge in [0.2, 0.25) is 0 Å². The van der Waals surface area contributed by atoms with Crippen molar-refractivity contribution in [2.45, 2.75) is 59.4 Å². The van der Waals surface area contributed by atoms with Crippen LogP contribution in [-0.2, 0) is 6.54 Å². The Balaban J connectivity index is 2.17. The topological polar surface area (TPSA) is 55.0 Å². The average Bonchev–Trinajstić information content (AvgIpc) is 2.72. The first-order chi connectivity index (χ1) is 10.0.